The van der Waals surface area contributed by atoms with Gasteiger partial charge in [0.2, 0.25) is 0 Å². The molecule has 2 aromatic carbocycles. The third-order valence-corrected chi connectivity index (χ3v) is 6.53. The average Bonchev–Trinajstić information content (AvgIpc) is 2.78. The minimum absolute atomic E-state index is 0.0290. The Hall–Kier alpha value is -2.83. The molecule has 1 fully saturated rings. The van der Waals surface area contributed by atoms with Crippen LogP contribution < -0.4 is 10.5 Å². The predicted octanol–water partition coefficient (Wildman–Crippen LogP) is 4.59. The first-order valence-electron chi connectivity index (χ1n) is 10.8. The molecule has 1 aliphatic rings. The van der Waals surface area contributed by atoms with Crippen LogP contribution in [0.1, 0.15) is 29.8 Å². The standard InChI is InChI=1S/C25H27ClFN3O2/c1-3-30-17(2)16-22(31)23(25(30)32)24(18-8-4-5-9-19(18)26)29-14-12-28(13-15-29)21-11-7-6-10-20(21)27/h4-11,16,24,31H,3,12-15H2,1-2H3. The van der Waals surface area contributed by atoms with E-state index in [-0.39, 0.29) is 17.1 Å². The van der Waals surface area contributed by atoms with Crippen molar-refractivity contribution in [2.24, 2.45) is 0 Å². The highest BCUT2D eigenvalue weighted by molar-refractivity contribution is 6.31. The van der Waals surface area contributed by atoms with E-state index in [4.69, 9.17) is 11.6 Å². The van der Waals surface area contributed by atoms with Crippen LogP contribution in [-0.4, -0.2) is 40.8 Å². The molecule has 0 spiro atoms. The molecule has 0 bridgehead atoms. The van der Waals surface area contributed by atoms with Gasteiger partial charge in [0.1, 0.15) is 11.6 Å². The van der Waals surface area contributed by atoms with Gasteiger partial charge in [0, 0.05) is 43.4 Å². The first kappa shape index (κ1) is 22.4. The molecule has 0 radical (unpaired) electrons. The summed E-state index contributed by atoms with van der Waals surface area (Å²) in [5, 5.41) is 11.4. The van der Waals surface area contributed by atoms with Crippen molar-refractivity contribution in [3.8, 4) is 5.75 Å². The maximum atomic E-state index is 14.3. The van der Waals surface area contributed by atoms with E-state index in [1.807, 2.05) is 43.0 Å². The van der Waals surface area contributed by atoms with E-state index >= 15 is 0 Å². The topological polar surface area (TPSA) is 48.7 Å². The molecule has 1 unspecified atom stereocenters. The summed E-state index contributed by atoms with van der Waals surface area (Å²) in [6.07, 6.45) is 0. The van der Waals surface area contributed by atoms with Crippen LogP contribution in [0.5, 0.6) is 5.75 Å². The highest BCUT2D eigenvalue weighted by Crippen LogP contribution is 2.37. The Morgan fingerprint density at radius 2 is 1.72 bits per heavy atom. The average molecular weight is 456 g/mol. The Morgan fingerprint density at radius 1 is 1.06 bits per heavy atom. The first-order chi connectivity index (χ1) is 15.4. The third-order valence-electron chi connectivity index (χ3n) is 6.18. The number of benzene rings is 2. The molecule has 2 heterocycles. The van der Waals surface area contributed by atoms with Gasteiger partial charge in [-0.1, -0.05) is 41.9 Å². The first-order valence-corrected chi connectivity index (χ1v) is 11.2. The number of pyridine rings is 1. The van der Waals surface area contributed by atoms with Gasteiger partial charge in [-0.25, -0.2) is 4.39 Å². The fraction of sp³-hybridized carbons (Fsp3) is 0.320. The zero-order chi connectivity index (χ0) is 22.8. The minimum atomic E-state index is -0.502. The van der Waals surface area contributed by atoms with Crippen molar-refractivity contribution >= 4 is 17.3 Å². The molecule has 5 nitrogen and oxygen atoms in total. The van der Waals surface area contributed by atoms with Crippen molar-refractivity contribution in [1.82, 2.24) is 9.47 Å². The molecule has 0 aliphatic carbocycles. The fourth-order valence-corrected chi connectivity index (χ4v) is 4.82. The molecular formula is C25H27ClFN3O2. The lowest BCUT2D eigenvalue weighted by molar-refractivity contribution is 0.207. The highest BCUT2D eigenvalue weighted by Gasteiger charge is 2.32. The summed E-state index contributed by atoms with van der Waals surface area (Å²) in [5.41, 5.74) is 2.16. The number of para-hydroxylation sites is 1. The van der Waals surface area contributed by atoms with E-state index in [1.165, 1.54) is 6.07 Å². The number of nitrogens with zero attached hydrogens (tertiary/aromatic N) is 3. The Kier molecular flexibility index (Phi) is 6.53. The molecule has 1 aliphatic heterocycles. The quantitative estimate of drug-likeness (QED) is 0.611. The largest absolute Gasteiger partial charge is 0.507 e. The SMILES string of the molecule is CCn1c(C)cc(O)c(C(c2ccccc2Cl)N2CCN(c3ccccc3F)CC2)c1=O. The van der Waals surface area contributed by atoms with Crippen LogP contribution in [0.25, 0.3) is 0 Å². The zero-order valence-electron chi connectivity index (χ0n) is 18.3. The van der Waals surface area contributed by atoms with Crippen LogP contribution in [0.4, 0.5) is 10.1 Å². The molecule has 4 rings (SSSR count). The molecule has 3 aromatic rings. The van der Waals surface area contributed by atoms with Crippen molar-refractivity contribution in [1.29, 1.82) is 0 Å². The number of hydrogen-bond acceptors (Lipinski definition) is 4. The molecule has 1 atom stereocenters. The van der Waals surface area contributed by atoms with Crippen molar-refractivity contribution < 1.29 is 9.50 Å². The maximum Gasteiger partial charge on any atom is 0.259 e. The molecule has 7 heteroatoms. The van der Waals surface area contributed by atoms with Crippen LogP contribution in [0.15, 0.2) is 59.4 Å². The van der Waals surface area contributed by atoms with Crippen LogP contribution >= 0.6 is 11.6 Å². The number of piperazine rings is 1. The summed E-state index contributed by atoms with van der Waals surface area (Å²) in [6, 6.07) is 15.3. The molecule has 1 saturated heterocycles. The number of hydrogen-bond donors (Lipinski definition) is 1. The summed E-state index contributed by atoms with van der Waals surface area (Å²) in [4.78, 5) is 17.6. The van der Waals surface area contributed by atoms with Gasteiger partial charge in [-0.2, -0.15) is 0 Å². The van der Waals surface area contributed by atoms with Gasteiger partial charge in [-0.3, -0.25) is 9.69 Å². The van der Waals surface area contributed by atoms with E-state index in [9.17, 15) is 14.3 Å². The van der Waals surface area contributed by atoms with Crippen molar-refractivity contribution in [2.75, 3.05) is 31.1 Å². The Morgan fingerprint density at radius 3 is 2.38 bits per heavy atom. The predicted molar refractivity (Wildman–Crippen MR) is 126 cm³/mol. The minimum Gasteiger partial charge on any atom is -0.507 e. The van der Waals surface area contributed by atoms with E-state index in [0.29, 0.717) is 54.7 Å². The summed E-state index contributed by atoms with van der Waals surface area (Å²) < 4.78 is 16.0. The molecule has 1 N–H and O–H groups in total. The molecular weight excluding hydrogens is 429 g/mol. The Balaban J connectivity index is 1.74. The van der Waals surface area contributed by atoms with Crippen LogP contribution in [0.2, 0.25) is 5.02 Å². The lowest BCUT2D eigenvalue weighted by atomic mass is 9.95. The Labute approximate surface area is 192 Å². The van der Waals surface area contributed by atoms with Crippen LogP contribution in [0, 0.1) is 12.7 Å². The van der Waals surface area contributed by atoms with Gasteiger partial charge in [0.15, 0.2) is 0 Å². The van der Waals surface area contributed by atoms with E-state index < -0.39 is 6.04 Å². The number of rotatable bonds is 5. The number of halogens is 2. The van der Waals surface area contributed by atoms with Gasteiger partial charge in [-0.15, -0.1) is 0 Å². The normalized spacial score (nSPS) is 15.7. The van der Waals surface area contributed by atoms with Crippen molar-refractivity contribution in [3.05, 3.63) is 92.6 Å². The summed E-state index contributed by atoms with van der Waals surface area (Å²) in [6.45, 7) is 6.59. The fourth-order valence-electron chi connectivity index (χ4n) is 4.58. The molecule has 1 aromatic heterocycles. The lowest BCUT2D eigenvalue weighted by Crippen LogP contribution is -2.49. The number of aromatic hydroxyl groups is 1. The molecule has 0 saturated carbocycles. The summed E-state index contributed by atoms with van der Waals surface area (Å²) in [5.74, 6) is -0.274. The monoisotopic (exact) mass is 455 g/mol. The maximum absolute atomic E-state index is 14.3. The van der Waals surface area contributed by atoms with E-state index in [0.717, 1.165) is 5.56 Å². The van der Waals surface area contributed by atoms with Gasteiger partial charge >= 0.3 is 0 Å². The summed E-state index contributed by atoms with van der Waals surface area (Å²) >= 11 is 6.57. The van der Waals surface area contributed by atoms with Gasteiger partial charge < -0.3 is 14.6 Å². The number of aryl methyl sites for hydroxylation is 1. The lowest BCUT2D eigenvalue weighted by Gasteiger charge is -2.40. The van der Waals surface area contributed by atoms with Gasteiger partial charge in [0.05, 0.1) is 17.3 Å². The van der Waals surface area contributed by atoms with Crippen molar-refractivity contribution in [3.63, 3.8) is 0 Å². The van der Waals surface area contributed by atoms with Crippen LogP contribution in [0.3, 0.4) is 0 Å². The second kappa shape index (κ2) is 9.35. The Bertz CT molecular complexity index is 1170. The van der Waals surface area contributed by atoms with Crippen LogP contribution in [-0.2, 0) is 6.54 Å². The molecule has 168 valence electrons. The summed E-state index contributed by atoms with van der Waals surface area (Å²) in [7, 11) is 0. The van der Waals surface area contributed by atoms with E-state index in [2.05, 4.69) is 4.90 Å². The third kappa shape index (κ3) is 4.12. The second-order valence-electron chi connectivity index (χ2n) is 8.03. The number of anilines is 1. The van der Waals surface area contributed by atoms with Gasteiger partial charge in [-0.05, 0) is 43.7 Å². The number of aromatic nitrogens is 1. The van der Waals surface area contributed by atoms with E-state index in [1.54, 1.807) is 28.8 Å². The molecule has 0 amide bonds. The smallest absolute Gasteiger partial charge is 0.259 e. The molecule has 32 heavy (non-hydrogen) atoms. The highest BCUT2D eigenvalue weighted by atomic mass is 35.5. The van der Waals surface area contributed by atoms with Gasteiger partial charge in [0.25, 0.3) is 5.56 Å². The second-order valence-corrected chi connectivity index (χ2v) is 8.44. The van der Waals surface area contributed by atoms with Crippen molar-refractivity contribution in [2.45, 2.75) is 26.4 Å². The zero-order valence-corrected chi connectivity index (χ0v) is 19.0.